The first-order valence-corrected chi connectivity index (χ1v) is 5.43. The summed E-state index contributed by atoms with van der Waals surface area (Å²) in [6, 6.07) is 6.22. The number of amides is 1. The zero-order valence-corrected chi connectivity index (χ0v) is 10.7. The van der Waals surface area contributed by atoms with Crippen LogP contribution in [0, 0.1) is 5.82 Å². The van der Waals surface area contributed by atoms with E-state index in [2.05, 4.69) is 0 Å². The van der Waals surface area contributed by atoms with Crippen LogP contribution in [-0.4, -0.2) is 25.1 Å². The molecular formula is C13H18FNO2. The SMILES string of the molecule is CON(C)C(=O)CC(C)(C)c1ccc(F)cc1. The summed E-state index contributed by atoms with van der Waals surface area (Å²) >= 11 is 0. The average molecular weight is 239 g/mol. The number of benzene rings is 1. The topological polar surface area (TPSA) is 29.5 Å². The lowest BCUT2D eigenvalue weighted by atomic mass is 9.81. The van der Waals surface area contributed by atoms with E-state index >= 15 is 0 Å². The molecule has 0 radical (unpaired) electrons. The number of halogens is 1. The van der Waals surface area contributed by atoms with Crippen LogP contribution in [0.15, 0.2) is 24.3 Å². The fraction of sp³-hybridized carbons (Fsp3) is 0.462. The van der Waals surface area contributed by atoms with Gasteiger partial charge < -0.3 is 0 Å². The van der Waals surface area contributed by atoms with Crippen LogP contribution in [0.1, 0.15) is 25.8 Å². The molecule has 17 heavy (non-hydrogen) atoms. The monoisotopic (exact) mass is 239 g/mol. The first kappa shape index (κ1) is 13.6. The third-order valence-electron chi connectivity index (χ3n) is 2.84. The summed E-state index contributed by atoms with van der Waals surface area (Å²) in [7, 11) is 3.02. The van der Waals surface area contributed by atoms with Crippen molar-refractivity contribution in [3.63, 3.8) is 0 Å². The van der Waals surface area contributed by atoms with E-state index in [1.807, 2.05) is 13.8 Å². The largest absolute Gasteiger partial charge is 0.275 e. The van der Waals surface area contributed by atoms with Crippen LogP contribution in [-0.2, 0) is 15.0 Å². The summed E-state index contributed by atoms with van der Waals surface area (Å²) in [6.07, 6.45) is 0.309. The first-order chi connectivity index (χ1) is 7.86. The van der Waals surface area contributed by atoms with Crippen molar-refractivity contribution in [3.05, 3.63) is 35.6 Å². The molecule has 94 valence electrons. The fourth-order valence-electron chi connectivity index (χ4n) is 1.59. The van der Waals surface area contributed by atoms with E-state index in [0.717, 1.165) is 5.56 Å². The first-order valence-electron chi connectivity index (χ1n) is 5.43. The van der Waals surface area contributed by atoms with Gasteiger partial charge in [-0.05, 0) is 23.1 Å². The molecule has 0 unspecified atom stereocenters. The minimum Gasteiger partial charge on any atom is -0.275 e. The Hall–Kier alpha value is -1.42. The maximum absolute atomic E-state index is 12.8. The zero-order chi connectivity index (χ0) is 13.1. The Labute approximate surface area is 101 Å². The Bertz CT molecular complexity index is 387. The lowest BCUT2D eigenvalue weighted by molar-refractivity contribution is -0.169. The molecule has 1 aromatic rings. The minimum atomic E-state index is -0.350. The predicted molar refractivity (Wildman–Crippen MR) is 63.8 cm³/mol. The van der Waals surface area contributed by atoms with Gasteiger partial charge in [0, 0.05) is 13.5 Å². The highest BCUT2D eigenvalue weighted by atomic mass is 19.1. The average Bonchev–Trinajstić information content (AvgIpc) is 2.27. The summed E-state index contributed by atoms with van der Waals surface area (Å²) < 4.78 is 12.8. The van der Waals surface area contributed by atoms with Gasteiger partial charge in [-0.15, -0.1) is 0 Å². The molecule has 0 spiro atoms. The zero-order valence-electron chi connectivity index (χ0n) is 10.7. The molecule has 0 saturated heterocycles. The molecule has 0 bridgehead atoms. The van der Waals surface area contributed by atoms with Crippen molar-refractivity contribution in [3.8, 4) is 0 Å². The normalized spacial score (nSPS) is 11.4. The van der Waals surface area contributed by atoms with E-state index in [1.54, 1.807) is 19.2 Å². The Morgan fingerprint density at radius 3 is 2.35 bits per heavy atom. The molecule has 0 saturated carbocycles. The van der Waals surface area contributed by atoms with Gasteiger partial charge in [0.2, 0.25) is 5.91 Å². The van der Waals surface area contributed by atoms with Crippen molar-refractivity contribution in [1.29, 1.82) is 0 Å². The number of nitrogens with zero attached hydrogens (tertiary/aromatic N) is 1. The summed E-state index contributed by atoms with van der Waals surface area (Å²) in [5.74, 6) is -0.383. The number of carbonyl (C=O) groups is 1. The molecule has 0 aliphatic carbocycles. The molecule has 1 aromatic carbocycles. The molecule has 0 atom stereocenters. The number of hydrogen-bond donors (Lipinski definition) is 0. The van der Waals surface area contributed by atoms with E-state index in [0.29, 0.717) is 6.42 Å². The quantitative estimate of drug-likeness (QED) is 0.755. The van der Waals surface area contributed by atoms with Crippen LogP contribution >= 0.6 is 0 Å². The van der Waals surface area contributed by atoms with Crippen LogP contribution in [0.2, 0.25) is 0 Å². The fourth-order valence-corrected chi connectivity index (χ4v) is 1.59. The van der Waals surface area contributed by atoms with Crippen molar-refractivity contribution >= 4 is 5.91 Å². The minimum absolute atomic E-state index is 0.109. The lowest BCUT2D eigenvalue weighted by Gasteiger charge is -2.26. The van der Waals surface area contributed by atoms with Crippen LogP contribution in [0.25, 0.3) is 0 Å². The second-order valence-corrected chi connectivity index (χ2v) is 4.64. The van der Waals surface area contributed by atoms with E-state index < -0.39 is 0 Å². The molecule has 1 rings (SSSR count). The predicted octanol–water partition coefficient (Wildman–Crippen LogP) is 2.51. The molecule has 0 aromatic heterocycles. The molecule has 0 aliphatic rings. The van der Waals surface area contributed by atoms with Gasteiger partial charge in [0.25, 0.3) is 0 Å². The standard InChI is InChI=1S/C13H18FNO2/c1-13(2,9-12(16)15(3)17-4)10-5-7-11(14)8-6-10/h5-8H,9H2,1-4H3. The highest BCUT2D eigenvalue weighted by Gasteiger charge is 2.26. The maximum Gasteiger partial charge on any atom is 0.246 e. The van der Waals surface area contributed by atoms with Crippen molar-refractivity contribution in [1.82, 2.24) is 5.06 Å². The Balaban J connectivity index is 2.81. The molecule has 0 aliphatic heterocycles. The summed E-state index contributed by atoms with van der Waals surface area (Å²) in [6.45, 7) is 3.89. The van der Waals surface area contributed by atoms with E-state index in [9.17, 15) is 9.18 Å². The van der Waals surface area contributed by atoms with Gasteiger partial charge in [0.1, 0.15) is 5.82 Å². The summed E-state index contributed by atoms with van der Waals surface area (Å²) in [5, 5.41) is 1.20. The highest BCUT2D eigenvalue weighted by Crippen LogP contribution is 2.27. The maximum atomic E-state index is 12.8. The van der Waals surface area contributed by atoms with Crippen molar-refractivity contribution in [2.24, 2.45) is 0 Å². The Kier molecular flexibility index (Phi) is 4.23. The van der Waals surface area contributed by atoms with Crippen molar-refractivity contribution < 1.29 is 14.0 Å². The van der Waals surface area contributed by atoms with Crippen LogP contribution in [0.5, 0.6) is 0 Å². The molecule has 0 N–H and O–H groups in total. The molecule has 0 fully saturated rings. The van der Waals surface area contributed by atoms with Gasteiger partial charge in [-0.2, -0.15) is 0 Å². The Morgan fingerprint density at radius 2 is 1.88 bits per heavy atom. The van der Waals surface area contributed by atoms with Crippen molar-refractivity contribution in [2.45, 2.75) is 25.7 Å². The highest BCUT2D eigenvalue weighted by molar-refractivity contribution is 5.76. The van der Waals surface area contributed by atoms with E-state index in [1.165, 1.54) is 24.3 Å². The molecule has 1 amide bonds. The van der Waals surface area contributed by atoms with Crippen molar-refractivity contribution in [2.75, 3.05) is 14.2 Å². The van der Waals surface area contributed by atoms with Gasteiger partial charge in [-0.25, -0.2) is 9.45 Å². The second-order valence-electron chi connectivity index (χ2n) is 4.64. The molecular weight excluding hydrogens is 221 g/mol. The van der Waals surface area contributed by atoms with E-state index in [-0.39, 0.29) is 17.1 Å². The third kappa shape index (κ3) is 3.53. The van der Waals surface area contributed by atoms with Gasteiger partial charge >= 0.3 is 0 Å². The van der Waals surface area contributed by atoms with Gasteiger partial charge in [-0.1, -0.05) is 26.0 Å². The van der Waals surface area contributed by atoms with E-state index in [4.69, 9.17) is 4.84 Å². The van der Waals surface area contributed by atoms with Gasteiger partial charge in [0.15, 0.2) is 0 Å². The van der Waals surface area contributed by atoms with Crippen LogP contribution < -0.4 is 0 Å². The molecule has 0 heterocycles. The van der Waals surface area contributed by atoms with Gasteiger partial charge in [-0.3, -0.25) is 9.63 Å². The van der Waals surface area contributed by atoms with Crippen LogP contribution in [0.4, 0.5) is 4.39 Å². The number of carbonyl (C=O) groups excluding carboxylic acids is 1. The Morgan fingerprint density at radius 1 is 1.35 bits per heavy atom. The number of hydroxylamine groups is 2. The summed E-state index contributed by atoms with van der Waals surface area (Å²) in [4.78, 5) is 16.6. The number of rotatable bonds is 4. The lowest BCUT2D eigenvalue weighted by Crippen LogP contribution is -2.32. The smallest absolute Gasteiger partial charge is 0.246 e. The molecule has 3 nitrogen and oxygen atoms in total. The second kappa shape index (κ2) is 5.27. The van der Waals surface area contributed by atoms with Gasteiger partial charge in [0.05, 0.1) is 7.11 Å². The third-order valence-corrected chi connectivity index (χ3v) is 2.84. The summed E-state index contributed by atoms with van der Waals surface area (Å²) in [5.41, 5.74) is 0.578. The molecule has 4 heteroatoms. The number of hydrogen-bond acceptors (Lipinski definition) is 2. The van der Waals surface area contributed by atoms with Crippen LogP contribution in [0.3, 0.4) is 0 Å².